The van der Waals surface area contributed by atoms with Crippen molar-refractivity contribution in [2.24, 2.45) is 5.73 Å². The van der Waals surface area contributed by atoms with E-state index < -0.39 is 0 Å². The summed E-state index contributed by atoms with van der Waals surface area (Å²) >= 11 is 5.81. The number of rotatable bonds is 3. The predicted molar refractivity (Wildman–Crippen MR) is 50.3 cm³/mol. The average Bonchev–Trinajstić information content (AvgIpc) is 2.07. The predicted octanol–water partition coefficient (Wildman–Crippen LogP) is 1.99. The highest BCUT2D eigenvalue weighted by Crippen LogP contribution is 2.18. The van der Waals surface area contributed by atoms with Crippen LogP contribution in [0.15, 0.2) is 24.3 Å². The molecule has 2 nitrogen and oxygen atoms in total. The third-order valence-corrected chi connectivity index (χ3v) is 1.95. The van der Waals surface area contributed by atoms with Crippen molar-refractivity contribution in [3.8, 4) is 0 Å². The topological polar surface area (TPSA) is 35.2 Å². The van der Waals surface area contributed by atoms with Gasteiger partial charge in [-0.05, 0) is 17.7 Å². The van der Waals surface area contributed by atoms with Gasteiger partial charge in [-0.15, -0.1) is 0 Å². The van der Waals surface area contributed by atoms with Gasteiger partial charge in [0.05, 0.1) is 6.10 Å². The summed E-state index contributed by atoms with van der Waals surface area (Å²) < 4.78 is 5.16. The van der Waals surface area contributed by atoms with Gasteiger partial charge in [0.1, 0.15) is 0 Å². The molecule has 1 atom stereocenters. The third kappa shape index (κ3) is 2.21. The van der Waals surface area contributed by atoms with Crippen LogP contribution in [0.5, 0.6) is 0 Å². The van der Waals surface area contributed by atoms with Crippen molar-refractivity contribution in [3.63, 3.8) is 0 Å². The smallest absolute Gasteiger partial charge is 0.0943 e. The van der Waals surface area contributed by atoms with Crippen LogP contribution in [0.25, 0.3) is 0 Å². The summed E-state index contributed by atoms with van der Waals surface area (Å²) in [5, 5.41) is 0.711. The molecule has 0 radical (unpaired) electrons. The van der Waals surface area contributed by atoms with E-state index in [4.69, 9.17) is 22.1 Å². The summed E-state index contributed by atoms with van der Waals surface area (Å²) in [5.41, 5.74) is 6.52. The largest absolute Gasteiger partial charge is 0.375 e. The van der Waals surface area contributed by atoms with Crippen LogP contribution in [0.3, 0.4) is 0 Å². The van der Waals surface area contributed by atoms with E-state index in [2.05, 4.69) is 0 Å². The van der Waals surface area contributed by atoms with E-state index in [-0.39, 0.29) is 6.10 Å². The molecule has 0 aliphatic heterocycles. The molecule has 0 aromatic heterocycles. The second-order valence-electron chi connectivity index (χ2n) is 2.52. The summed E-state index contributed by atoms with van der Waals surface area (Å²) in [7, 11) is 1.64. The van der Waals surface area contributed by atoms with Crippen molar-refractivity contribution in [1.82, 2.24) is 0 Å². The maximum absolute atomic E-state index is 5.81. The molecule has 1 aromatic carbocycles. The standard InChI is InChI=1S/C9H12ClNO/c1-12-9(6-11)7-3-2-4-8(10)5-7/h2-5,9H,6,11H2,1H3/t9-/m1/s1. The molecule has 0 unspecified atom stereocenters. The Morgan fingerprint density at radius 3 is 2.83 bits per heavy atom. The summed E-state index contributed by atoms with van der Waals surface area (Å²) in [4.78, 5) is 0. The lowest BCUT2D eigenvalue weighted by Gasteiger charge is -2.12. The SMILES string of the molecule is CO[C@H](CN)c1cccc(Cl)c1. The molecule has 12 heavy (non-hydrogen) atoms. The third-order valence-electron chi connectivity index (χ3n) is 1.72. The molecule has 3 heteroatoms. The van der Waals surface area contributed by atoms with Crippen LogP contribution < -0.4 is 5.73 Å². The first kappa shape index (κ1) is 9.52. The van der Waals surface area contributed by atoms with Crippen LogP contribution in [0, 0.1) is 0 Å². The fraction of sp³-hybridized carbons (Fsp3) is 0.333. The van der Waals surface area contributed by atoms with Gasteiger partial charge in [-0.3, -0.25) is 0 Å². The molecule has 0 fully saturated rings. The summed E-state index contributed by atoms with van der Waals surface area (Å²) in [6, 6.07) is 7.53. The fourth-order valence-corrected chi connectivity index (χ4v) is 1.27. The number of hydrogen-bond acceptors (Lipinski definition) is 2. The molecule has 1 rings (SSSR count). The van der Waals surface area contributed by atoms with Crippen molar-refractivity contribution in [1.29, 1.82) is 0 Å². The molecule has 1 aromatic rings. The number of hydrogen-bond donors (Lipinski definition) is 1. The molecule has 0 saturated carbocycles. The number of halogens is 1. The quantitative estimate of drug-likeness (QED) is 0.782. The molecule has 0 heterocycles. The van der Waals surface area contributed by atoms with Crippen molar-refractivity contribution in [2.45, 2.75) is 6.10 Å². The minimum atomic E-state index is -0.0521. The van der Waals surface area contributed by atoms with Gasteiger partial charge in [-0.25, -0.2) is 0 Å². The van der Waals surface area contributed by atoms with Crippen LogP contribution in [-0.4, -0.2) is 13.7 Å². The molecular formula is C9H12ClNO. The van der Waals surface area contributed by atoms with E-state index in [1.807, 2.05) is 24.3 Å². The normalized spacial score (nSPS) is 12.9. The molecule has 0 bridgehead atoms. The monoisotopic (exact) mass is 185 g/mol. The van der Waals surface area contributed by atoms with Crippen molar-refractivity contribution in [3.05, 3.63) is 34.9 Å². The molecule has 0 aliphatic rings. The van der Waals surface area contributed by atoms with Crippen LogP contribution in [0.4, 0.5) is 0 Å². The Balaban J connectivity index is 2.85. The van der Waals surface area contributed by atoms with Gasteiger partial charge in [0.25, 0.3) is 0 Å². The van der Waals surface area contributed by atoms with E-state index in [1.54, 1.807) is 7.11 Å². The molecule has 0 aliphatic carbocycles. The first-order valence-electron chi connectivity index (χ1n) is 3.76. The van der Waals surface area contributed by atoms with Gasteiger partial charge in [0.2, 0.25) is 0 Å². The van der Waals surface area contributed by atoms with Gasteiger partial charge in [-0.2, -0.15) is 0 Å². The fourth-order valence-electron chi connectivity index (χ4n) is 1.08. The van der Waals surface area contributed by atoms with Crippen LogP contribution in [0.1, 0.15) is 11.7 Å². The first-order valence-corrected chi connectivity index (χ1v) is 4.14. The Morgan fingerprint density at radius 2 is 2.33 bits per heavy atom. The van der Waals surface area contributed by atoms with E-state index >= 15 is 0 Å². The molecule has 66 valence electrons. The summed E-state index contributed by atoms with van der Waals surface area (Å²) in [6.07, 6.45) is -0.0521. The van der Waals surface area contributed by atoms with E-state index in [0.29, 0.717) is 11.6 Å². The van der Waals surface area contributed by atoms with E-state index in [0.717, 1.165) is 5.56 Å². The molecular weight excluding hydrogens is 174 g/mol. The minimum absolute atomic E-state index is 0.0521. The van der Waals surface area contributed by atoms with Crippen LogP contribution in [0.2, 0.25) is 5.02 Å². The van der Waals surface area contributed by atoms with Gasteiger partial charge in [0.15, 0.2) is 0 Å². The zero-order valence-corrected chi connectivity index (χ0v) is 7.71. The Labute approximate surface area is 77.3 Å². The maximum Gasteiger partial charge on any atom is 0.0943 e. The summed E-state index contributed by atoms with van der Waals surface area (Å²) in [5.74, 6) is 0. The number of benzene rings is 1. The van der Waals surface area contributed by atoms with Gasteiger partial charge >= 0.3 is 0 Å². The van der Waals surface area contributed by atoms with Gasteiger partial charge in [-0.1, -0.05) is 23.7 Å². The average molecular weight is 186 g/mol. The highest BCUT2D eigenvalue weighted by Gasteiger charge is 2.07. The van der Waals surface area contributed by atoms with Crippen molar-refractivity contribution in [2.75, 3.05) is 13.7 Å². The Bertz CT molecular complexity index is 248. The highest BCUT2D eigenvalue weighted by molar-refractivity contribution is 6.30. The zero-order chi connectivity index (χ0) is 8.97. The maximum atomic E-state index is 5.81. The number of ether oxygens (including phenoxy) is 1. The molecule has 0 saturated heterocycles. The van der Waals surface area contributed by atoms with Gasteiger partial charge in [0, 0.05) is 18.7 Å². The first-order chi connectivity index (χ1) is 5.77. The van der Waals surface area contributed by atoms with Gasteiger partial charge < -0.3 is 10.5 Å². The zero-order valence-electron chi connectivity index (χ0n) is 6.96. The Morgan fingerprint density at radius 1 is 1.58 bits per heavy atom. The van der Waals surface area contributed by atoms with Crippen molar-refractivity contribution < 1.29 is 4.74 Å². The van der Waals surface area contributed by atoms with E-state index in [1.165, 1.54) is 0 Å². The molecule has 2 N–H and O–H groups in total. The van der Waals surface area contributed by atoms with Crippen LogP contribution >= 0.6 is 11.6 Å². The molecule has 0 amide bonds. The minimum Gasteiger partial charge on any atom is -0.375 e. The highest BCUT2D eigenvalue weighted by atomic mass is 35.5. The summed E-state index contributed by atoms with van der Waals surface area (Å²) in [6.45, 7) is 0.469. The lowest BCUT2D eigenvalue weighted by Crippen LogP contribution is -2.13. The van der Waals surface area contributed by atoms with E-state index in [9.17, 15) is 0 Å². The lowest BCUT2D eigenvalue weighted by atomic mass is 10.1. The Kier molecular flexibility index (Phi) is 3.53. The molecule has 0 spiro atoms. The van der Waals surface area contributed by atoms with Crippen molar-refractivity contribution >= 4 is 11.6 Å². The lowest BCUT2D eigenvalue weighted by molar-refractivity contribution is 0.110. The number of nitrogens with two attached hydrogens (primary N) is 1. The Hall–Kier alpha value is -0.570. The second kappa shape index (κ2) is 4.45. The second-order valence-corrected chi connectivity index (χ2v) is 2.95. The number of methoxy groups -OCH3 is 1. The van der Waals surface area contributed by atoms with Crippen LogP contribution in [-0.2, 0) is 4.74 Å².